The molecule has 1 amide bonds. The number of hydrogen-bond donors (Lipinski definition) is 1. The third-order valence-electron chi connectivity index (χ3n) is 3.86. The first kappa shape index (κ1) is 17.1. The van der Waals surface area contributed by atoms with Crippen LogP contribution in [-0.2, 0) is 9.53 Å². The third-order valence-corrected chi connectivity index (χ3v) is 3.86. The van der Waals surface area contributed by atoms with Crippen LogP contribution in [0.2, 0.25) is 0 Å². The molecular formula is C17H19FN4O3. The molecule has 1 aromatic heterocycles. The fourth-order valence-corrected chi connectivity index (χ4v) is 2.59. The number of aromatic nitrogens is 2. The van der Waals surface area contributed by atoms with Crippen LogP contribution < -0.4 is 10.1 Å². The highest BCUT2D eigenvalue weighted by Gasteiger charge is 2.28. The summed E-state index contributed by atoms with van der Waals surface area (Å²) < 4.78 is 24.0. The van der Waals surface area contributed by atoms with Gasteiger partial charge in [-0.05, 0) is 24.3 Å². The van der Waals surface area contributed by atoms with Crippen LogP contribution in [0.5, 0.6) is 5.75 Å². The molecule has 132 valence electrons. The second kappa shape index (κ2) is 7.89. The molecule has 1 N–H and O–H groups in total. The highest BCUT2D eigenvalue weighted by molar-refractivity contribution is 5.78. The van der Waals surface area contributed by atoms with Crippen molar-refractivity contribution in [3.8, 4) is 5.75 Å². The lowest BCUT2D eigenvalue weighted by atomic mass is 10.2. The zero-order chi connectivity index (χ0) is 17.6. The number of anilines is 1. The van der Waals surface area contributed by atoms with Crippen molar-refractivity contribution >= 4 is 11.7 Å². The van der Waals surface area contributed by atoms with E-state index in [0.29, 0.717) is 37.0 Å². The first-order valence-electron chi connectivity index (χ1n) is 7.94. The van der Waals surface area contributed by atoms with Gasteiger partial charge in [-0.3, -0.25) is 9.78 Å². The quantitative estimate of drug-likeness (QED) is 0.887. The summed E-state index contributed by atoms with van der Waals surface area (Å²) in [5.74, 6) is 0.571. The Hall–Kier alpha value is -2.74. The molecule has 25 heavy (non-hydrogen) atoms. The molecule has 0 saturated carbocycles. The normalized spacial score (nSPS) is 17.2. The van der Waals surface area contributed by atoms with Gasteiger partial charge in [-0.15, -0.1) is 0 Å². The number of nitrogens with zero attached hydrogens (tertiary/aromatic N) is 3. The summed E-state index contributed by atoms with van der Waals surface area (Å²) in [6.07, 6.45) is 2.84. The van der Waals surface area contributed by atoms with Crippen LogP contribution in [0, 0.1) is 5.82 Å². The molecule has 1 fully saturated rings. The predicted molar refractivity (Wildman–Crippen MR) is 88.7 cm³/mol. The van der Waals surface area contributed by atoms with Gasteiger partial charge in [0.05, 0.1) is 13.2 Å². The van der Waals surface area contributed by atoms with E-state index < -0.39 is 0 Å². The summed E-state index contributed by atoms with van der Waals surface area (Å²) in [4.78, 5) is 22.6. The molecule has 1 atom stereocenters. The Bertz CT molecular complexity index is 726. The largest absolute Gasteiger partial charge is 0.484 e. The molecular weight excluding hydrogens is 327 g/mol. The van der Waals surface area contributed by atoms with Crippen molar-refractivity contribution in [2.45, 2.75) is 6.10 Å². The van der Waals surface area contributed by atoms with Gasteiger partial charge < -0.3 is 19.7 Å². The van der Waals surface area contributed by atoms with Crippen LogP contribution >= 0.6 is 0 Å². The Kier molecular flexibility index (Phi) is 5.39. The monoisotopic (exact) mass is 346 g/mol. The maximum absolute atomic E-state index is 12.9. The number of hydrogen-bond acceptors (Lipinski definition) is 6. The van der Waals surface area contributed by atoms with E-state index in [2.05, 4.69) is 15.3 Å². The topological polar surface area (TPSA) is 76.6 Å². The second-order valence-electron chi connectivity index (χ2n) is 5.48. The number of carbonyl (C=O) groups is 1. The SMILES string of the molecule is CNc1nccnc1[C@H]1CN(C(=O)COc2ccc(F)cc2)CCO1. The molecule has 2 aromatic rings. The fraction of sp³-hybridized carbons (Fsp3) is 0.353. The molecule has 8 heteroatoms. The van der Waals surface area contributed by atoms with Gasteiger partial charge in [-0.1, -0.05) is 0 Å². The predicted octanol–water partition coefficient (Wildman–Crippen LogP) is 1.64. The van der Waals surface area contributed by atoms with Crippen molar-refractivity contribution in [1.29, 1.82) is 0 Å². The average molecular weight is 346 g/mol. The molecule has 1 aliphatic heterocycles. The number of ether oxygens (including phenoxy) is 2. The minimum atomic E-state index is -0.348. The van der Waals surface area contributed by atoms with E-state index in [4.69, 9.17) is 9.47 Å². The number of morpholine rings is 1. The van der Waals surface area contributed by atoms with Crippen LogP contribution in [-0.4, -0.2) is 54.1 Å². The molecule has 0 radical (unpaired) electrons. The van der Waals surface area contributed by atoms with Crippen molar-refractivity contribution in [2.24, 2.45) is 0 Å². The zero-order valence-electron chi connectivity index (χ0n) is 13.8. The molecule has 2 heterocycles. The van der Waals surface area contributed by atoms with Gasteiger partial charge >= 0.3 is 0 Å². The Morgan fingerprint density at radius 2 is 2.12 bits per heavy atom. The van der Waals surface area contributed by atoms with Crippen LogP contribution in [0.15, 0.2) is 36.7 Å². The lowest BCUT2D eigenvalue weighted by Gasteiger charge is -2.33. The highest BCUT2D eigenvalue weighted by Crippen LogP contribution is 2.25. The standard InChI is InChI=1S/C17H19FN4O3/c1-19-17-16(20-6-7-21-17)14-10-22(8-9-24-14)15(23)11-25-13-4-2-12(18)3-5-13/h2-7,14H,8-11H2,1H3,(H,19,21)/t14-/m1/s1. The van der Waals surface area contributed by atoms with Gasteiger partial charge in [-0.2, -0.15) is 0 Å². The van der Waals surface area contributed by atoms with Gasteiger partial charge in [-0.25, -0.2) is 9.37 Å². The molecule has 3 rings (SSSR count). The van der Waals surface area contributed by atoms with Gasteiger partial charge in [0, 0.05) is 26.0 Å². The van der Waals surface area contributed by atoms with Gasteiger partial charge in [0.15, 0.2) is 6.61 Å². The van der Waals surface area contributed by atoms with Crippen LogP contribution in [0.25, 0.3) is 0 Å². The van der Waals surface area contributed by atoms with Crippen molar-refractivity contribution in [3.05, 3.63) is 48.2 Å². The van der Waals surface area contributed by atoms with Gasteiger partial charge in [0.1, 0.15) is 29.2 Å². The summed E-state index contributed by atoms with van der Waals surface area (Å²) in [6, 6.07) is 5.56. The summed E-state index contributed by atoms with van der Waals surface area (Å²) in [5.41, 5.74) is 0.668. The van der Waals surface area contributed by atoms with Crippen LogP contribution in [0.1, 0.15) is 11.8 Å². The smallest absolute Gasteiger partial charge is 0.260 e. The first-order chi connectivity index (χ1) is 12.2. The van der Waals surface area contributed by atoms with Crippen LogP contribution in [0.3, 0.4) is 0 Å². The van der Waals surface area contributed by atoms with E-state index in [1.54, 1.807) is 24.3 Å². The molecule has 0 bridgehead atoms. The van der Waals surface area contributed by atoms with E-state index >= 15 is 0 Å². The maximum Gasteiger partial charge on any atom is 0.260 e. The van der Waals surface area contributed by atoms with E-state index in [0.717, 1.165) is 0 Å². The number of amides is 1. The second-order valence-corrected chi connectivity index (χ2v) is 5.48. The van der Waals surface area contributed by atoms with Crippen LogP contribution in [0.4, 0.5) is 10.2 Å². The number of nitrogens with one attached hydrogen (secondary N) is 1. The van der Waals surface area contributed by atoms with Gasteiger partial charge in [0.25, 0.3) is 5.91 Å². The molecule has 1 aliphatic rings. The summed E-state index contributed by atoms with van der Waals surface area (Å²) in [7, 11) is 1.76. The highest BCUT2D eigenvalue weighted by atomic mass is 19.1. The summed E-state index contributed by atoms with van der Waals surface area (Å²) >= 11 is 0. The van der Waals surface area contributed by atoms with E-state index in [1.165, 1.54) is 24.3 Å². The fourth-order valence-electron chi connectivity index (χ4n) is 2.59. The number of rotatable bonds is 5. The summed E-state index contributed by atoms with van der Waals surface area (Å²) in [6.45, 7) is 1.15. The lowest BCUT2D eigenvalue weighted by Crippen LogP contribution is -2.44. The Balaban J connectivity index is 1.60. The molecule has 0 spiro atoms. The third kappa shape index (κ3) is 4.21. The minimum Gasteiger partial charge on any atom is -0.484 e. The molecule has 1 saturated heterocycles. The molecule has 7 nitrogen and oxygen atoms in total. The lowest BCUT2D eigenvalue weighted by molar-refractivity contribution is -0.141. The zero-order valence-corrected chi connectivity index (χ0v) is 13.8. The van der Waals surface area contributed by atoms with Crippen molar-refractivity contribution in [2.75, 3.05) is 38.7 Å². The van der Waals surface area contributed by atoms with Crippen molar-refractivity contribution in [3.63, 3.8) is 0 Å². The Labute approximate surface area is 144 Å². The Morgan fingerprint density at radius 1 is 1.36 bits per heavy atom. The number of benzene rings is 1. The summed E-state index contributed by atoms with van der Waals surface area (Å²) in [5, 5.41) is 2.98. The Morgan fingerprint density at radius 3 is 2.88 bits per heavy atom. The number of carbonyl (C=O) groups excluding carboxylic acids is 1. The maximum atomic E-state index is 12.9. The van der Waals surface area contributed by atoms with Gasteiger partial charge in [0.2, 0.25) is 0 Å². The first-order valence-corrected chi connectivity index (χ1v) is 7.94. The minimum absolute atomic E-state index is 0.113. The van der Waals surface area contributed by atoms with Crippen molar-refractivity contribution in [1.82, 2.24) is 14.9 Å². The molecule has 0 aliphatic carbocycles. The van der Waals surface area contributed by atoms with E-state index in [1.807, 2.05) is 0 Å². The van der Waals surface area contributed by atoms with E-state index in [9.17, 15) is 9.18 Å². The average Bonchev–Trinajstić information content (AvgIpc) is 2.67. The molecule has 1 aromatic carbocycles. The number of halogens is 1. The van der Waals surface area contributed by atoms with E-state index in [-0.39, 0.29) is 24.4 Å². The molecule has 0 unspecified atom stereocenters. The van der Waals surface area contributed by atoms with Crippen molar-refractivity contribution < 1.29 is 18.7 Å².